The number of carbonyl (C=O) groups is 3. The summed E-state index contributed by atoms with van der Waals surface area (Å²) in [6.45, 7) is 12.8. The van der Waals surface area contributed by atoms with E-state index in [0.29, 0.717) is 18.8 Å². The minimum Gasteiger partial charge on any atom is -0.371 e. The number of rotatable bonds is 8. The molecule has 1 heterocycles. The van der Waals surface area contributed by atoms with E-state index in [9.17, 15) is 9.59 Å². The fourth-order valence-electron chi connectivity index (χ4n) is 4.70. The molecule has 2 unspecified atom stereocenters. The molecule has 0 bridgehead atoms. The van der Waals surface area contributed by atoms with Gasteiger partial charge in [-0.15, -0.1) is 0 Å². The molecule has 3 aromatic carbocycles. The minimum absolute atomic E-state index is 0.0675. The van der Waals surface area contributed by atoms with Gasteiger partial charge in [0.25, 0.3) is 0 Å². The Kier molecular flexibility index (Phi) is 13.6. The summed E-state index contributed by atoms with van der Waals surface area (Å²) in [5, 5.41) is 5.78. The number of nitrogens with one attached hydrogen (secondary N) is 2. The molecule has 0 fully saturated rings. The zero-order valence-electron chi connectivity index (χ0n) is 24.4. The van der Waals surface area contributed by atoms with Crippen molar-refractivity contribution < 1.29 is 19.1 Å². The van der Waals surface area contributed by atoms with E-state index in [-0.39, 0.29) is 11.9 Å². The summed E-state index contributed by atoms with van der Waals surface area (Å²) >= 11 is 0. The van der Waals surface area contributed by atoms with Crippen LogP contribution in [0.15, 0.2) is 78.9 Å². The lowest BCUT2D eigenvalue weighted by Crippen LogP contribution is -2.58. The summed E-state index contributed by atoms with van der Waals surface area (Å²) < 4.78 is 6.12. The SMILES string of the molecule is C=O.CC.CC[C@H]1Cc2ccccc2CN1C(=O)C(NC(=O)Nc1cccc(C)c1)C(C)OCc1ccccc1. The zero-order valence-corrected chi connectivity index (χ0v) is 24.4. The third-order valence-corrected chi connectivity index (χ3v) is 6.76. The molecule has 0 aromatic heterocycles. The van der Waals surface area contributed by atoms with Gasteiger partial charge in [-0.2, -0.15) is 0 Å². The molecule has 3 aromatic rings. The number of urea groups is 1. The normalized spacial score (nSPS) is 15.1. The van der Waals surface area contributed by atoms with E-state index in [1.807, 2.05) is 106 Å². The van der Waals surface area contributed by atoms with E-state index in [1.54, 1.807) is 0 Å². The number of benzene rings is 3. The molecule has 0 aliphatic carbocycles. The third kappa shape index (κ3) is 9.06. The maximum atomic E-state index is 14.0. The van der Waals surface area contributed by atoms with Crippen LogP contribution < -0.4 is 10.6 Å². The van der Waals surface area contributed by atoms with Crippen molar-refractivity contribution in [3.8, 4) is 0 Å². The highest BCUT2D eigenvalue weighted by molar-refractivity contribution is 5.94. The highest BCUT2D eigenvalue weighted by Crippen LogP contribution is 2.26. The molecular weight excluding hydrogens is 502 g/mol. The van der Waals surface area contributed by atoms with Gasteiger partial charge in [0.1, 0.15) is 12.8 Å². The molecule has 1 aliphatic heterocycles. The van der Waals surface area contributed by atoms with Crippen LogP contribution >= 0.6 is 0 Å². The number of fused-ring (bicyclic) bond motifs is 1. The standard InChI is InChI=1S/C30H35N3O3.C2H6.CH2O/c1-4-27-18-24-14-8-9-15-25(24)19-33(27)29(34)28(22(3)36-20-23-12-6-5-7-13-23)32-30(35)31-26-16-10-11-21(2)17-26;2*1-2/h5-17,22,27-28H,4,18-20H2,1-3H3,(H2,31,32,35);1-2H3;1H2/t22?,27-,28?;;/m0../s1. The van der Waals surface area contributed by atoms with Crippen LogP contribution in [0.2, 0.25) is 0 Å². The molecule has 0 saturated carbocycles. The number of ether oxygens (including phenoxy) is 1. The van der Waals surface area contributed by atoms with Crippen LogP contribution in [0.4, 0.5) is 10.5 Å². The molecule has 7 nitrogen and oxygen atoms in total. The molecule has 3 amide bonds. The lowest BCUT2D eigenvalue weighted by molar-refractivity contribution is -0.141. The Morgan fingerprint density at radius 1 is 0.975 bits per heavy atom. The van der Waals surface area contributed by atoms with Crippen molar-refractivity contribution in [3.05, 3.63) is 101 Å². The van der Waals surface area contributed by atoms with Crippen molar-refractivity contribution in [2.24, 2.45) is 0 Å². The van der Waals surface area contributed by atoms with Crippen LogP contribution in [0.5, 0.6) is 0 Å². The summed E-state index contributed by atoms with van der Waals surface area (Å²) in [4.78, 5) is 36.9. The lowest BCUT2D eigenvalue weighted by Gasteiger charge is -2.39. The number of amides is 3. The molecule has 2 N–H and O–H groups in total. The quantitative estimate of drug-likeness (QED) is 0.348. The first-order chi connectivity index (χ1) is 19.4. The van der Waals surface area contributed by atoms with Crippen LogP contribution in [0.3, 0.4) is 0 Å². The van der Waals surface area contributed by atoms with Crippen molar-refractivity contribution in [1.82, 2.24) is 10.2 Å². The van der Waals surface area contributed by atoms with Gasteiger partial charge in [0, 0.05) is 18.3 Å². The van der Waals surface area contributed by atoms with Gasteiger partial charge >= 0.3 is 6.03 Å². The third-order valence-electron chi connectivity index (χ3n) is 6.76. The smallest absolute Gasteiger partial charge is 0.319 e. The van der Waals surface area contributed by atoms with Crippen LogP contribution in [0.1, 0.15) is 56.4 Å². The van der Waals surface area contributed by atoms with E-state index in [0.717, 1.165) is 29.5 Å². The van der Waals surface area contributed by atoms with E-state index >= 15 is 0 Å². The Labute approximate surface area is 238 Å². The van der Waals surface area contributed by atoms with Crippen LogP contribution in [0.25, 0.3) is 0 Å². The van der Waals surface area contributed by atoms with Crippen molar-refractivity contribution in [1.29, 1.82) is 0 Å². The number of anilines is 1. The van der Waals surface area contributed by atoms with Crippen molar-refractivity contribution >= 4 is 24.4 Å². The lowest BCUT2D eigenvalue weighted by atomic mass is 9.91. The van der Waals surface area contributed by atoms with Gasteiger partial charge in [-0.3, -0.25) is 4.79 Å². The first-order valence-electron chi connectivity index (χ1n) is 13.9. The van der Waals surface area contributed by atoms with Crippen molar-refractivity contribution in [2.75, 3.05) is 5.32 Å². The molecule has 1 aliphatic rings. The Morgan fingerprint density at radius 2 is 1.62 bits per heavy atom. The summed E-state index contributed by atoms with van der Waals surface area (Å²) in [6.07, 6.45) is 1.11. The van der Waals surface area contributed by atoms with Crippen LogP contribution in [-0.4, -0.2) is 41.8 Å². The predicted octanol–water partition coefficient (Wildman–Crippen LogP) is 6.30. The maximum absolute atomic E-state index is 14.0. The van der Waals surface area contributed by atoms with E-state index in [2.05, 4.69) is 29.7 Å². The predicted molar refractivity (Wildman–Crippen MR) is 161 cm³/mol. The molecule has 0 radical (unpaired) electrons. The maximum Gasteiger partial charge on any atom is 0.319 e. The molecular formula is C33H43N3O4. The first kappa shape index (κ1) is 32.2. The first-order valence-corrected chi connectivity index (χ1v) is 13.9. The molecule has 3 atom stereocenters. The molecule has 0 spiro atoms. The zero-order chi connectivity index (χ0) is 29.5. The van der Waals surface area contributed by atoms with Gasteiger partial charge in [-0.25, -0.2) is 4.79 Å². The second-order valence-corrected chi connectivity index (χ2v) is 9.45. The Bertz CT molecular complexity index is 1200. The largest absolute Gasteiger partial charge is 0.371 e. The average Bonchev–Trinajstić information content (AvgIpc) is 3.00. The summed E-state index contributed by atoms with van der Waals surface area (Å²) in [5.41, 5.74) is 5.16. The van der Waals surface area contributed by atoms with Gasteiger partial charge in [-0.1, -0.05) is 87.5 Å². The molecule has 40 heavy (non-hydrogen) atoms. The second kappa shape index (κ2) is 16.9. The fraction of sp³-hybridized carbons (Fsp3) is 0.364. The van der Waals surface area contributed by atoms with E-state index < -0.39 is 18.2 Å². The molecule has 4 rings (SSSR count). The molecule has 7 heteroatoms. The van der Waals surface area contributed by atoms with Crippen molar-refractivity contribution in [3.63, 3.8) is 0 Å². The Balaban J connectivity index is 0.00000134. The van der Waals surface area contributed by atoms with E-state index in [1.165, 1.54) is 5.56 Å². The van der Waals surface area contributed by atoms with Crippen molar-refractivity contribution in [2.45, 2.75) is 78.8 Å². The number of aryl methyl sites for hydroxylation is 1. The topological polar surface area (TPSA) is 87.7 Å². The second-order valence-electron chi connectivity index (χ2n) is 9.45. The molecule has 0 saturated heterocycles. The monoisotopic (exact) mass is 545 g/mol. The van der Waals surface area contributed by atoms with Crippen LogP contribution in [0, 0.1) is 6.92 Å². The highest BCUT2D eigenvalue weighted by Gasteiger charge is 2.36. The average molecular weight is 546 g/mol. The fourth-order valence-corrected chi connectivity index (χ4v) is 4.70. The number of nitrogens with zero attached hydrogens (tertiary/aromatic N) is 1. The minimum atomic E-state index is -0.835. The van der Waals surface area contributed by atoms with E-state index in [4.69, 9.17) is 9.53 Å². The molecule has 214 valence electrons. The number of hydrogen-bond acceptors (Lipinski definition) is 4. The number of hydrogen-bond donors (Lipinski definition) is 2. The Hall–Kier alpha value is -3.97. The summed E-state index contributed by atoms with van der Waals surface area (Å²) in [6, 6.07) is 24.5. The van der Waals surface area contributed by atoms with Gasteiger partial charge < -0.3 is 25.1 Å². The van der Waals surface area contributed by atoms with Crippen LogP contribution in [-0.2, 0) is 33.9 Å². The number of carbonyl (C=O) groups excluding carboxylic acids is 3. The summed E-state index contributed by atoms with van der Waals surface area (Å²) in [5.74, 6) is -0.128. The van der Waals surface area contributed by atoms with Gasteiger partial charge in [-0.05, 0) is 61.1 Å². The highest BCUT2D eigenvalue weighted by atomic mass is 16.5. The van der Waals surface area contributed by atoms with Gasteiger partial charge in [0.2, 0.25) is 5.91 Å². The summed E-state index contributed by atoms with van der Waals surface area (Å²) in [7, 11) is 0. The van der Waals surface area contributed by atoms with Gasteiger partial charge in [0.05, 0.1) is 12.7 Å². The van der Waals surface area contributed by atoms with Gasteiger partial charge in [0.15, 0.2) is 0 Å². The Morgan fingerprint density at radius 3 is 2.27 bits per heavy atom.